The van der Waals surface area contributed by atoms with Gasteiger partial charge in [-0.1, -0.05) is 17.3 Å². The Bertz CT molecular complexity index is 925. The molecule has 29 heavy (non-hydrogen) atoms. The molecule has 0 radical (unpaired) electrons. The highest BCUT2D eigenvalue weighted by Gasteiger charge is 2.34. The van der Waals surface area contributed by atoms with E-state index >= 15 is 0 Å². The molecule has 0 unspecified atom stereocenters. The number of nitrogens with one attached hydrogen (secondary N) is 1. The molecule has 158 valence electrons. The minimum atomic E-state index is -3.62. The number of aryl methyl sites for hydroxylation is 2. The van der Waals surface area contributed by atoms with Crippen molar-refractivity contribution in [3.8, 4) is 5.75 Å². The van der Waals surface area contributed by atoms with Crippen molar-refractivity contribution in [2.45, 2.75) is 44.6 Å². The molecular weight excluding hydrogens is 394 g/mol. The summed E-state index contributed by atoms with van der Waals surface area (Å²) < 4.78 is 37.3. The summed E-state index contributed by atoms with van der Waals surface area (Å²) >= 11 is 0. The molecule has 1 aliphatic rings. The second-order valence-corrected chi connectivity index (χ2v) is 9.20. The van der Waals surface area contributed by atoms with E-state index in [0.29, 0.717) is 50.4 Å². The van der Waals surface area contributed by atoms with Gasteiger partial charge in [-0.05, 0) is 50.3 Å². The second kappa shape index (κ2) is 8.96. The normalized spacial score (nSPS) is 16.0. The van der Waals surface area contributed by atoms with Gasteiger partial charge >= 0.3 is 0 Å². The van der Waals surface area contributed by atoms with Gasteiger partial charge in [0.25, 0.3) is 0 Å². The maximum atomic E-state index is 12.9. The van der Waals surface area contributed by atoms with E-state index < -0.39 is 10.0 Å². The van der Waals surface area contributed by atoms with Crippen LogP contribution in [0.3, 0.4) is 0 Å². The molecule has 1 saturated heterocycles. The molecular formula is C20H27N3O5S. The van der Waals surface area contributed by atoms with Gasteiger partial charge in [0.15, 0.2) is 5.76 Å². The highest BCUT2D eigenvalue weighted by atomic mass is 32.2. The Balaban J connectivity index is 1.48. The zero-order valence-corrected chi connectivity index (χ0v) is 17.8. The van der Waals surface area contributed by atoms with E-state index in [4.69, 9.17) is 9.26 Å². The van der Waals surface area contributed by atoms with Crippen LogP contribution in [0.25, 0.3) is 0 Å². The molecule has 0 saturated carbocycles. The summed E-state index contributed by atoms with van der Waals surface area (Å²) in [7, 11) is -2.00. The number of amides is 1. The van der Waals surface area contributed by atoms with Crippen LogP contribution in [0, 0.1) is 19.8 Å². The molecule has 0 aliphatic carbocycles. The molecule has 1 amide bonds. The van der Waals surface area contributed by atoms with E-state index in [1.165, 1.54) is 4.31 Å². The van der Waals surface area contributed by atoms with Crippen LogP contribution in [0.4, 0.5) is 0 Å². The molecule has 8 nitrogen and oxygen atoms in total. The number of benzene rings is 1. The van der Waals surface area contributed by atoms with Crippen LogP contribution >= 0.6 is 0 Å². The van der Waals surface area contributed by atoms with Crippen LogP contribution in [-0.4, -0.2) is 44.0 Å². The highest BCUT2D eigenvalue weighted by molar-refractivity contribution is 7.89. The van der Waals surface area contributed by atoms with E-state index in [0.717, 1.165) is 11.3 Å². The number of nitrogens with zero attached hydrogens (tertiary/aromatic N) is 2. The molecule has 2 aromatic rings. The molecule has 0 atom stereocenters. The van der Waals surface area contributed by atoms with Crippen molar-refractivity contribution in [3.05, 3.63) is 41.3 Å². The average molecular weight is 422 g/mol. The van der Waals surface area contributed by atoms with Crippen molar-refractivity contribution in [2.24, 2.45) is 5.92 Å². The molecule has 1 N–H and O–H groups in total. The van der Waals surface area contributed by atoms with E-state index in [9.17, 15) is 13.2 Å². The topological polar surface area (TPSA) is 102 Å². The molecule has 1 fully saturated rings. The van der Waals surface area contributed by atoms with Crippen molar-refractivity contribution in [1.29, 1.82) is 0 Å². The lowest BCUT2D eigenvalue weighted by Crippen LogP contribution is -2.39. The minimum Gasteiger partial charge on any atom is -0.497 e. The summed E-state index contributed by atoms with van der Waals surface area (Å²) in [5.74, 6) is 1.23. The predicted octanol–water partition coefficient (Wildman–Crippen LogP) is 2.41. The first-order valence-corrected chi connectivity index (χ1v) is 11.1. The van der Waals surface area contributed by atoms with E-state index in [1.807, 2.05) is 24.3 Å². The number of carbonyl (C=O) groups is 1. The number of piperidine rings is 1. The van der Waals surface area contributed by atoms with Gasteiger partial charge in [-0.2, -0.15) is 4.31 Å². The lowest BCUT2D eigenvalue weighted by atomic mass is 9.94. The zero-order chi connectivity index (χ0) is 21.0. The smallest absolute Gasteiger partial charge is 0.248 e. The number of aromatic nitrogens is 1. The van der Waals surface area contributed by atoms with Crippen molar-refractivity contribution in [2.75, 3.05) is 20.2 Å². The molecule has 0 bridgehead atoms. The summed E-state index contributed by atoms with van der Waals surface area (Å²) in [5.41, 5.74) is 1.38. The Kier molecular flexibility index (Phi) is 6.59. The van der Waals surface area contributed by atoms with Gasteiger partial charge in [0.2, 0.25) is 15.9 Å². The van der Waals surface area contributed by atoms with Gasteiger partial charge in [-0.25, -0.2) is 8.42 Å². The lowest BCUT2D eigenvalue weighted by Gasteiger charge is -2.30. The minimum absolute atomic E-state index is 0.0205. The summed E-state index contributed by atoms with van der Waals surface area (Å²) in [4.78, 5) is 12.4. The van der Waals surface area contributed by atoms with Gasteiger partial charge in [0.1, 0.15) is 16.3 Å². The Morgan fingerprint density at radius 1 is 1.24 bits per heavy atom. The first-order chi connectivity index (χ1) is 13.8. The van der Waals surface area contributed by atoms with E-state index in [-0.39, 0.29) is 16.7 Å². The third-order valence-electron chi connectivity index (χ3n) is 5.26. The molecule has 3 rings (SSSR count). The third kappa shape index (κ3) is 4.97. The molecule has 0 spiro atoms. The fourth-order valence-electron chi connectivity index (χ4n) is 3.60. The molecule has 1 aliphatic heterocycles. The number of ether oxygens (including phenoxy) is 1. The number of rotatable bonds is 7. The van der Waals surface area contributed by atoms with Crippen molar-refractivity contribution < 1.29 is 22.5 Å². The van der Waals surface area contributed by atoms with Crippen LogP contribution in [0.2, 0.25) is 0 Å². The average Bonchev–Trinajstić information content (AvgIpc) is 3.06. The number of hydrogen-bond acceptors (Lipinski definition) is 6. The second-order valence-electron chi connectivity index (χ2n) is 7.33. The van der Waals surface area contributed by atoms with E-state index in [1.54, 1.807) is 21.0 Å². The Morgan fingerprint density at radius 3 is 2.45 bits per heavy atom. The van der Waals surface area contributed by atoms with Crippen LogP contribution < -0.4 is 10.1 Å². The molecule has 2 heterocycles. The van der Waals surface area contributed by atoms with Gasteiger partial charge < -0.3 is 14.6 Å². The fourth-order valence-corrected chi connectivity index (χ4v) is 5.36. The maximum absolute atomic E-state index is 12.9. The standard InChI is InChI=1S/C20H27N3O5S/c1-14-20(15(2)28-22-14)29(25,26)23-10-8-16(9-11-23)12-19(24)21-13-17-4-6-18(27-3)7-5-17/h4-7,16H,8-13H2,1-3H3,(H,21,24). The summed E-state index contributed by atoms with van der Waals surface area (Å²) in [6, 6.07) is 7.54. The summed E-state index contributed by atoms with van der Waals surface area (Å²) in [6.07, 6.45) is 1.70. The molecule has 1 aromatic heterocycles. The number of carbonyl (C=O) groups excluding carboxylic acids is 1. The number of methoxy groups -OCH3 is 1. The van der Waals surface area contributed by atoms with Crippen LogP contribution in [-0.2, 0) is 21.4 Å². The Morgan fingerprint density at radius 2 is 1.90 bits per heavy atom. The van der Waals surface area contributed by atoms with Gasteiger partial charge in [-0.15, -0.1) is 0 Å². The SMILES string of the molecule is COc1ccc(CNC(=O)CC2CCN(S(=O)(=O)c3c(C)noc3C)CC2)cc1. The van der Waals surface area contributed by atoms with Gasteiger partial charge in [0, 0.05) is 26.1 Å². The monoisotopic (exact) mass is 421 g/mol. The first-order valence-electron chi connectivity index (χ1n) is 9.64. The van der Waals surface area contributed by atoms with Crippen molar-refractivity contribution in [1.82, 2.24) is 14.8 Å². The maximum Gasteiger partial charge on any atom is 0.248 e. The number of hydrogen-bond donors (Lipinski definition) is 1. The molecule has 1 aromatic carbocycles. The lowest BCUT2D eigenvalue weighted by molar-refractivity contribution is -0.122. The highest BCUT2D eigenvalue weighted by Crippen LogP contribution is 2.28. The Labute approximate surface area is 171 Å². The van der Waals surface area contributed by atoms with Crippen LogP contribution in [0.5, 0.6) is 5.75 Å². The Hall–Kier alpha value is -2.39. The van der Waals surface area contributed by atoms with Gasteiger partial charge in [0.05, 0.1) is 7.11 Å². The quantitative estimate of drug-likeness (QED) is 0.737. The van der Waals surface area contributed by atoms with Crippen molar-refractivity contribution in [3.63, 3.8) is 0 Å². The zero-order valence-electron chi connectivity index (χ0n) is 17.0. The summed E-state index contributed by atoms with van der Waals surface area (Å²) in [5, 5.41) is 6.68. The van der Waals surface area contributed by atoms with Crippen LogP contribution in [0.15, 0.2) is 33.7 Å². The van der Waals surface area contributed by atoms with Crippen LogP contribution in [0.1, 0.15) is 36.3 Å². The predicted molar refractivity (Wildman–Crippen MR) is 107 cm³/mol. The van der Waals surface area contributed by atoms with Gasteiger partial charge in [-0.3, -0.25) is 4.79 Å². The van der Waals surface area contributed by atoms with E-state index in [2.05, 4.69) is 10.5 Å². The first kappa shape index (κ1) is 21.3. The number of sulfonamides is 1. The summed E-state index contributed by atoms with van der Waals surface area (Å²) in [6.45, 7) is 4.48. The van der Waals surface area contributed by atoms with Crippen molar-refractivity contribution >= 4 is 15.9 Å². The fraction of sp³-hybridized carbons (Fsp3) is 0.500. The largest absolute Gasteiger partial charge is 0.497 e. The molecule has 9 heteroatoms. The third-order valence-corrected chi connectivity index (χ3v) is 7.41.